The molecule has 2 unspecified atom stereocenters. The second-order valence-electron chi connectivity index (χ2n) is 5.51. The maximum absolute atomic E-state index is 13.3. The number of nitrogens with two attached hydrogens (primary N) is 1. The van der Waals surface area contributed by atoms with Crippen LogP contribution in [0.3, 0.4) is 0 Å². The summed E-state index contributed by atoms with van der Waals surface area (Å²) in [6, 6.07) is 4.20. The average molecular weight is 268 g/mol. The van der Waals surface area contributed by atoms with Gasteiger partial charge in [0, 0.05) is 30.9 Å². The molecule has 1 aromatic carbocycles. The number of rotatable bonds is 4. The van der Waals surface area contributed by atoms with Gasteiger partial charge in [-0.25, -0.2) is 8.78 Å². The van der Waals surface area contributed by atoms with Crippen molar-refractivity contribution in [2.45, 2.75) is 38.6 Å². The summed E-state index contributed by atoms with van der Waals surface area (Å²) in [5.41, 5.74) is 6.82. The Bertz CT molecular complexity index is 423. The molecule has 19 heavy (non-hydrogen) atoms. The molecule has 1 aliphatic heterocycles. The second-order valence-corrected chi connectivity index (χ2v) is 5.51. The molecule has 1 heterocycles. The average Bonchev–Trinajstić information content (AvgIpc) is 2.39. The molecule has 2 rings (SSSR count). The van der Waals surface area contributed by atoms with Crippen LogP contribution in [0.25, 0.3) is 0 Å². The minimum Gasteiger partial charge on any atom is -0.370 e. The van der Waals surface area contributed by atoms with Gasteiger partial charge in [0.2, 0.25) is 0 Å². The number of halogens is 2. The molecule has 2 N–H and O–H groups in total. The molecule has 1 fully saturated rings. The first-order valence-electron chi connectivity index (χ1n) is 7.05. The highest BCUT2D eigenvalue weighted by atomic mass is 19.2. The highest BCUT2D eigenvalue weighted by Gasteiger charge is 2.25. The van der Waals surface area contributed by atoms with Gasteiger partial charge in [0.05, 0.1) is 0 Å². The molecule has 4 heteroatoms. The topological polar surface area (TPSA) is 29.3 Å². The Balaban J connectivity index is 2.07. The minimum absolute atomic E-state index is 0.115. The normalized spacial score (nSPS) is 23.7. The number of nitrogens with zero attached hydrogens (tertiary/aromatic N) is 1. The third-order valence-electron chi connectivity index (χ3n) is 3.80. The fourth-order valence-electron chi connectivity index (χ4n) is 2.84. The predicted molar refractivity (Wildman–Crippen MR) is 74.2 cm³/mol. The summed E-state index contributed by atoms with van der Waals surface area (Å²) < 4.78 is 26.3. The molecule has 0 aliphatic carbocycles. The Kier molecular flexibility index (Phi) is 4.75. The van der Waals surface area contributed by atoms with Crippen molar-refractivity contribution in [3.8, 4) is 0 Å². The van der Waals surface area contributed by atoms with Crippen molar-refractivity contribution in [3.05, 3.63) is 29.8 Å². The van der Waals surface area contributed by atoms with Crippen molar-refractivity contribution in [2.24, 2.45) is 11.7 Å². The van der Waals surface area contributed by atoms with Crippen LogP contribution >= 0.6 is 0 Å². The molecule has 106 valence electrons. The van der Waals surface area contributed by atoms with E-state index >= 15 is 0 Å². The van der Waals surface area contributed by atoms with Crippen LogP contribution < -0.4 is 10.6 Å². The lowest BCUT2D eigenvalue weighted by atomic mass is 9.90. The van der Waals surface area contributed by atoms with E-state index in [9.17, 15) is 8.78 Å². The van der Waals surface area contributed by atoms with Crippen molar-refractivity contribution < 1.29 is 8.78 Å². The van der Waals surface area contributed by atoms with Gasteiger partial charge >= 0.3 is 0 Å². The standard InChI is InChI=1S/C15H22F2N2/c1-2-3-4-11-7-12(18)10-19(9-11)13-5-6-14(16)15(17)8-13/h5-6,8,11-12H,2-4,7,9-10,18H2,1H3. The molecule has 1 saturated heterocycles. The maximum Gasteiger partial charge on any atom is 0.160 e. The smallest absolute Gasteiger partial charge is 0.160 e. The lowest BCUT2D eigenvalue weighted by Crippen LogP contribution is -2.47. The largest absolute Gasteiger partial charge is 0.370 e. The highest BCUT2D eigenvalue weighted by Crippen LogP contribution is 2.26. The molecule has 1 aromatic rings. The number of benzene rings is 1. The van der Waals surface area contributed by atoms with Crippen molar-refractivity contribution in [1.29, 1.82) is 0 Å². The van der Waals surface area contributed by atoms with E-state index in [0.717, 1.165) is 25.1 Å². The third kappa shape index (κ3) is 3.66. The SMILES string of the molecule is CCCCC1CC(N)CN(c2ccc(F)c(F)c2)C1. The molecule has 0 spiro atoms. The first kappa shape index (κ1) is 14.3. The van der Waals surface area contributed by atoms with Crippen molar-refractivity contribution >= 4 is 5.69 Å². The number of hydrogen-bond donors (Lipinski definition) is 1. The van der Waals surface area contributed by atoms with Gasteiger partial charge in [-0.15, -0.1) is 0 Å². The lowest BCUT2D eigenvalue weighted by molar-refractivity contribution is 0.349. The van der Waals surface area contributed by atoms with Crippen LogP contribution in [-0.4, -0.2) is 19.1 Å². The van der Waals surface area contributed by atoms with Gasteiger partial charge < -0.3 is 10.6 Å². The van der Waals surface area contributed by atoms with E-state index < -0.39 is 11.6 Å². The molecule has 0 saturated carbocycles. The van der Waals surface area contributed by atoms with Crippen LogP contribution in [0.15, 0.2) is 18.2 Å². The molecule has 0 amide bonds. The third-order valence-corrected chi connectivity index (χ3v) is 3.80. The van der Waals surface area contributed by atoms with Crippen LogP contribution in [-0.2, 0) is 0 Å². The van der Waals surface area contributed by atoms with E-state index in [1.54, 1.807) is 6.07 Å². The first-order chi connectivity index (χ1) is 9.10. The van der Waals surface area contributed by atoms with Gasteiger partial charge in [-0.3, -0.25) is 0 Å². The molecule has 0 bridgehead atoms. The van der Waals surface area contributed by atoms with Gasteiger partial charge in [0.25, 0.3) is 0 Å². The Labute approximate surface area is 113 Å². The second kappa shape index (κ2) is 6.33. The fourth-order valence-corrected chi connectivity index (χ4v) is 2.84. The lowest BCUT2D eigenvalue weighted by Gasteiger charge is -2.38. The summed E-state index contributed by atoms with van der Waals surface area (Å²) in [6.45, 7) is 3.78. The number of anilines is 1. The Morgan fingerprint density at radius 1 is 1.26 bits per heavy atom. The van der Waals surface area contributed by atoms with Crippen molar-refractivity contribution in [2.75, 3.05) is 18.0 Å². The summed E-state index contributed by atoms with van der Waals surface area (Å²) in [6.07, 6.45) is 4.56. The number of piperidine rings is 1. The molecule has 2 nitrogen and oxygen atoms in total. The zero-order chi connectivity index (χ0) is 13.8. The van der Waals surface area contributed by atoms with Gasteiger partial charge in [-0.05, 0) is 30.9 Å². The quantitative estimate of drug-likeness (QED) is 0.907. The van der Waals surface area contributed by atoms with E-state index in [-0.39, 0.29) is 6.04 Å². The number of unbranched alkanes of at least 4 members (excludes halogenated alkanes) is 1. The number of hydrogen-bond acceptors (Lipinski definition) is 2. The molecular weight excluding hydrogens is 246 g/mol. The van der Waals surface area contributed by atoms with Gasteiger partial charge in [-0.2, -0.15) is 0 Å². The molecular formula is C15H22F2N2. The zero-order valence-corrected chi connectivity index (χ0v) is 11.4. The summed E-state index contributed by atoms with van der Waals surface area (Å²) in [5.74, 6) is -1.04. The molecule has 2 atom stereocenters. The molecule has 0 radical (unpaired) electrons. The van der Waals surface area contributed by atoms with E-state index in [1.807, 2.05) is 0 Å². The molecule has 1 aliphatic rings. The summed E-state index contributed by atoms with van der Waals surface area (Å²) in [7, 11) is 0. The van der Waals surface area contributed by atoms with Gasteiger partial charge in [0.15, 0.2) is 11.6 Å². The van der Waals surface area contributed by atoms with Gasteiger partial charge in [0.1, 0.15) is 0 Å². The van der Waals surface area contributed by atoms with Crippen LogP contribution in [0.5, 0.6) is 0 Å². The van der Waals surface area contributed by atoms with Gasteiger partial charge in [-0.1, -0.05) is 19.8 Å². The predicted octanol–water partition coefficient (Wildman–Crippen LogP) is 3.31. The molecule has 0 aromatic heterocycles. The first-order valence-corrected chi connectivity index (χ1v) is 7.05. The Hall–Kier alpha value is -1.16. The van der Waals surface area contributed by atoms with E-state index in [2.05, 4.69) is 11.8 Å². The fraction of sp³-hybridized carbons (Fsp3) is 0.600. The van der Waals surface area contributed by atoms with E-state index in [0.29, 0.717) is 12.5 Å². The zero-order valence-electron chi connectivity index (χ0n) is 11.4. The highest BCUT2D eigenvalue weighted by molar-refractivity contribution is 5.47. The van der Waals surface area contributed by atoms with Crippen molar-refractivity contribution in [3.63, 3.8) is 0 Å². The maximum atomic E-state index is 13.3. The van der Waals surface area contributed by atoms with Crippen LogP contribution in [0.4, 0.5) is 14.5 Å². The Morgan fingerprint density at radius 3 is 2.74 bits per heavy atom. The Morgan fingerprint density at radius 2 is 2.05 bits per heavy atom. The summed E-state index contributed by atoms with van der Waals surface area (Å²) in [5, 5.41) is 0. The van der Waals surface area contributed by atoms with Crippen LogP contribution in [0.1, 0.15) is 32.6 Å². The van der Waals surface area contributed by atoms with E-state index in [1.165, 1.54) is 25.0 Å². The van der Waals surface area contributed by atoms with E-state index in [4.69, 9.17) is 5.73 Å². The summed E-state index contributed by atoms with van der Waals surface area (Å²) in [4.78, 5) is 2.08. The van der Waals surface area contributed by atoms with Crippen LogP contribution in [0, 0.1) is 17.6 Å². The summed E-state index contributed by atoms with van der Waals surface area (Å²) >= 11 is 0. The minimum atomic E-state index is -0.799. The monoisotopic (exact) mass is 268 g/mol. The van der Waals surface area contributed by atoms with Crippen LogP contribution in [0.2, 0.25) is 0 Å². The van der Waals surface area contributed by atoms with Crippen molar-refractivity contribution in [1.82, 2.24) is 0 Å².